The number of likely N-dealkylation sites (tertiary alicyclic amines) is 1. The third-order valence-corrected chi connectivity index (χ3v) is 4.86. The van der Waals surface area contributed by atoms with Crippen molar-refractivity contribution in [2.45, 2.75) is 25.0 Å². The van der Waals surface area contributed by atoms with Gasteiger partial charge in [0.25, 0.3) is 0 Å². The number of halogens is 1. The second-order valence-electron chi connectivity index (χ2n) is 6.14. The minimum atomic E-state index is -0.127. The van der Waals surface area contributed by atoms with Crippen molar-refractivity contribution in [3.8, 4) is 0 Å². The zero-order valence-corrected chi connectivity index (χ0v) is 15.2. The Bertz CT molecular complexity index is 351. The Morgan fingerprint density at radius 1 is 1.14 bits per heavy atom. The van der Waals surface area contributed by atoms with Crippen LogP contribution in [0.25, 0.3) is 0 Å². The molecule has 21 heavy (non-hydrogen) atoms. The highest BCUT2D eigenvalue weighted by atomic mass is 127. The molecule has 2 N–H and O–H groups in total. The summed E-state index contributed by atoms with van der Waals surface area (Å²) in [7, 11) is 1.85. The maximum absolute atomic E-state index is 9.59. The van der Waals surface area contributed by atoms with E-state index in [0.717, 1.165) is 38.4 Å². The molecule has 0 aliphatic carbocycles. The van der Waals surface area contributed by atoms with Gasteiger partial charge in [0.1, 0.15) is 0 Å². The van der Waals surface area contributed by atoms with Crippen molar-refractivity contribution in [1.82, 2.24) is 20.0 Å². The summed E-state index contributed by atoms with van der Waals surface area (Å²) in [6.07, 6.45) is 1.57. The second-order valence-corrected chi connectivity index (χ2v) is 6.14. The number of piperazine rings is 3. The molecular weight excluding hydrogens is 381 g/mol. The lowest BCUT2D eigenvalue weighted by Gasteiger charge is -2.47. The molecule has 0 spiro atoms. The molecule has 4 aliphatic heterocycles. The number of fused-ring (bicyclic) bond motifs is 3. The summed E-state index contributed by atoms with van der Waals surface area (Å²) in [5.74, 6) is 0.995. The van der Waals surface area contributed by atoms with Crippen molar-refractivity contribution >= 4 is 29.9 Å². The molecule has 0 aromatic carbocycles. The molecule has 0 aromatic rings. The first-order chi connectivity index (χ1) is 9.76. The van der Waals surface area contributed by atoms with Gasteiger partial charge in [0.05, 0.1) is 6.10 Å². The molecule has 122 valence electrons. The number of guanidine groups is 1. The summed E-state index contributed by atoms with van der Waals surface area (Å²) in [6, 6.07) is 0.615. The standard InChI is InChI=1S/C14H27N5O.HI/c1-15-14(19-4-2-13(20)3-5-19)16-10-12-11-17-6-8-18(12)9-7-17;/h12-13,20H,2-11H2,1H3,(H,15,16);1H. The summed E-state index contributed by atoms with van der Waals surface area (Å²) < 4.78 is 0. The first kappa shape index (κ1) is 17.2. The third-order valence-electron chi connectivity index (χ3n) is 4.86. The minimum absolute atomic E-state index is 0. The molecule has 0 saturated carbocycles. The highest BCUT2D eigenvalue weighted by Crippen LogP contribution is 2.15. The number of piperidine rings is 1. The summed E-state index contributed by atoms with van der Waals surface area (Å²) in [4.78, 5) is 11.8. The average molecular weight is 409 g/mol. The largest absolute Gasteiger partial charge is 0.393 e. The molecule has 0 amide bonds. The molecule has 7 heteroatoms. The molecular formula is C14H28IN5O. The van der Waals surface area contributed by atoms with Gasteiger partial charge in [0.15, 0.2) is 5.96 Å². The SMILES string of the molecule is CN=C(NCC1CN2CCN1CC2)N1CCC(O)CC1.I. The van der Waals surface area contributed by atoms with E-state index in [4.69, 9.17) is 0 Å². The Labute approximate surface area is 144 Å². The van der Waals surface area contributed by atoms with E-state index >= 15 is 0 Å². The molecule has 1 atom stereocenters. The number of aliphatic imine (C=N–C) groups is 1. The number of nitrogens with one attached hydrogen (secondary N) is 1. The van der Waals surface area contributed by atoms with E-state index in [2.05, 4.69) is 25.0 Å². The molecule has 0 radical (unpaired) electrons. The smallest absolute Gasteiger partial charge is 0.193 e. The lowest BCUT2D eigenvalue weighted by Crippen LogP contribution is -2.64. The highest BCUT2D eigenvalue weighted by Gasteiger charge is 2.32. The minimum Gasteiger partial charge on any atom is -0.393 e. The summed E-state index contributed by atoms with van der Waals surface area (Å²) in [5, 5.41) is 13.1. The van der Waals surface area contributed by atoms with Crippen molar-refractivity contribution in [2.24, 2.45) is 4.99 Å². The van der Waals surface area contributed by atoms with Crippen LogP contribution in [0.5, 0.6) is 0 Å². The molecule has 4 aliphatic rings. The fourth-order valence-electron chi connectivity index (χ4n) is 3.54. The number of nitrogens with zero attached hydrogens (tertiary/aromatic N) is 4. The van der Waals surface area contributed by atoms with Gasteiger partial charge in [-0.2, -0.15) is 0 Å². The van der Waals surface area contributed by atoms with Gasteiger partial charge in [-0.15, -0.1) is 24.0 Å². The molecule has 0 aromatic heterocycles. The van der Waals surface area contributed by atoms with Gasteiger partial charge < -0.3 is 15.3 Å². The topological polar surface area (TPSA) is 54.3 Å². The zero-order valence-electron chi connectivity index (χ0n) is 12.9. The summed E-state index contributed by atoms with van der Waals surface area (Å²) in [5.41, 5.74) is 0. The predicted molar refractivity (Wildman–Crippen MR) is 95.4 cm³/mol. The Hall–Kier alpha value is -0.120. The molecule has 4 heterocycles. The highest BCUT2D eigenvalue weighted by molar-refractivity contribution is 14.0. The van der Waals surface area contributed by atoms with Crippen LogP contribution in [0.15, 0.2) is 4.99 Å². The number of hydrogen-bond acceptors (Lipinski definition) is 4. The van der Waals surface area contributed by atoms with Crippen LogP contribution in [0.1, 0.15) is 12.8 Å². The second kappa shape index (κ2) is 7.94. The van der Waals surface area contributed by atoms with Gasteiger partial charge in [-0.05, 0) is 12.8 Å². The summed E-state index contributed by atoms with van der Waals surface area (Å²) in [6.45, 7) is 8.85. The summed E-state index contributed by atoms with van der Waals surface area (Å²) >= 11 is 0. The lowest BCUT2D eigenvalue weighted by atomic mass is 10.1. The van der Waals surface area contributed by atoms with Crippen LogP contribution in [0, 0.1) is 0 Å². The van der Waals surface area contributed by atoms with E-state index in [0.29, 0.717) is 6.04 Å². The van der Waals surface area contributed by atoms with Gasteiger partial charge in [-0.25, -0.2) is 0 Å². The molecule has 6 nitrogen and oxygen atoms in total. The van der Waals surface area contributed by atoms with Crippen LogP contribution in [-0.2, 0) is 0 Å². The van der Waals surface area contributed by atoms with E-state index < -0.39 is 0 Å². The van der Waals surface area contributed by atoms with Gasteiger partial charge in [-0.1, -0.05) is 0 Å². The van der Waals surface area contributed by atoms with Crippen LogP contribution < -0.4 is 5.32 Å². The molecule has 4 fully saturated rings. The normalized spacial score (nSPS) is 33.7. The maximum atomic E-state index is 9.59. The third kappa shape index (κ3) is 4.20. The monoisotopic (exact) mass is 409 g/mol. The number of aliphatic hydroxyl groups is 1. The molecule has 1 unspecified atom stereocenters. The van der Waals surface area contributed by atoms with Gasteiger partial charge in [0, 0.05) is 65.4 Å². The Morgan fingerprint density at radius 2 is 1.81 bits per heavy atom. The first-order valence-electron chi connectivity index (χ1n) is 7.86. The molecule has 4 rings (SSSR count). The Morgan fingerprint density at radius 3 is 2.33 bits per heavy atom. The van der Waals surface area contributed by atoms with E-state index in [9.17, 15) is 5.11 Å². The van der Waals surface area contributed by atoms with Crippen molar-refractivity contribution in [3.05, 3.63) is 0 Å². The molecule has 2 bridgehead atoms. The molecule has 4 saturated heterocycles. The van der Waals surface area contributed by atoms with Crippen LogP contribution in [-0.4, -0.2) is 97.3 Å². The van der Waals surface area contributed by atoms with Crippen LogP contribution in [0.4, 0.5) is 0 Å². The zero-order chi connectivity index (χ0) is 13.9. The van der Waals surface area contributed by atoms with Gasteiger partial charge >= 0.3 is 0 Å². The van der Waals surface area contributed by atoms with E-state index in [1.807, 2.05) is 7.05 Å². The predicted octanol–water partition coefficient (Wildman–Crippen LogP) is -0.364. The van der Waals surface area contributed by atoms with Crippen molar-refractivity contribution in [3.63, 3.8) is 0 Å². The van der Waals surface area contributed by atoms with Crippen molar-refractivity contribution in [1.29, 1.82) is 0 Å². The average Bonchev–Trinajstić information content (AvgIpc) is 2.51. The first-order valence-corrected chi connectivity index (χ1v) is 7.86. The van der Waals surface area contributed by atoms with Crippen LogP contribution in [0.2, 0.25) is 0 Å². The number of aliphatic hydroxyl groups excluding tert-OH is 1. The quantitative estimate of drug-likeness (QED) is 0.371. The van der Waals surface area contributed by atoms with E-state index in [1.54, 1.807) is 0 Å². The van der Waals surface area contributed by atoms with E-state index in [-0.39, 0.29) is 30.1 Å². The fraction of sp³-hybridized carbons (Fsp3) is 0.929. The Kier molecular flexibility index (Phi) is 6.51. The van der Waals surface area contributed by atoms with Gasteiger partial charge in [0.2, 0.25) is 0 Å². The lowest BCUT2D eigenvalue weighted by molar-refractivity contribution is 0.0150. The van der Waals surface area contributed by atoms with E-state index in [1.165, 1.54) is 32.7 Å². The Balaban J connectivity index is 0.00000161. The van der Waals surface area contributed by atoms with Crippen LogP contribution >= 0.6 is 24.0 Å². The van der Waals surface area contributed by atoms with Gasteiger partial charge in [-0.3, -0.25) is 14.8 Å². The van der Waals surface area contributed by atoms with Crippen LogP contribution in [0.3, 0.4) is 0 Å². The fourth-order valence-corrected chi connectivity index (χ4v) is 3.54. The van der Waals surface area contributed by atoms with Crippen molar-refractivity contribution in [2.75, 3.05) is 59.4 Å². The number of rotatable bonds is 2. The number of hydrogen-bond donors (Lipinski definition) is 2. The van der Waals surface area contributed by atoms with Crippen molar-refractivity contribution < 1.29 is 5.11 Å². The maximum Gasteiger partial charge on any atom is 0.193 e.